The zero-order chi connectivity index (χ0) is 24.7. The highest BCUT2D eigenvalue weighted by molar-refractivity contribution is 5.91. The Hall–Kier alpha value is -5.84. The average Bonchev–Trinajstić information content (AvgIpc) is 3.25. The topological polar surface area (TPSA) is 329 Å². The standard InChI is InChI=1S/C8N10O14/c19-7(17(29)30)11-1(3(13(21)22)5(9-11)15(25)26)2-4(14(23)24)6(16(27)28)10-12(2)8(20)18(31)32. The van der Waals surface area contributed by atoms with Crippen molar-refractivity contribution < 1.29 is 39.1 Å². The van der Waals surface area contributed by atoms with Crippen LogP contribution in [0.4, 0.5) is 32.6 Å². The highest BCUT2D eigenvalue weighted by Crippen LogP contribution is 2.44. The van der Waals surface area contributed by atoms with E-state index in [1.807, 2.05) is 0 Å². The highest BCUT2D eigenvalue weighted by Gasteiger charge is 2.58. The second-order valence-electron chi connectivity index (χ2n) is 4.97. The Morgan fingerprint density at radius 3 is 1.03 bits per heavy atom. The average molecular weight is 460 g/mol. The summed E-state index contributed by atoms with van der Waals surface area (Å²) >= 11 is 0. The van der Waals surface area contributed by atoms with Crippen LogP contribution in [-0.4, -0.2) is 61.2 Å². The molecule has 0 aliphatic rings. The fourth-order valence-corrected chi connectivity index (χ4v) is 2.24. The second-order valence-corrected chi connectivity index (χ2v) is 4.97. The van der Waals surface area contributed by atoms with Gasteiger partial charge in [0.1, 0.15) is 0 Å². The van der Waals surface area contributed by atoms with Crippen molar-refractivity contribution in [3.05, 3.63) is 60.7 Å². The number of nitro groups is 6. The molecular formula is C8N10O14. The molecule has 2 aromatic rings. The summed E-state index contributed by atoms with van der Waals surface area (Å²) in [6.45, 7) is 0. The normalized spacial score (nSPS) is 10.4. The molecule has 0 fully saturated rings. The zero-order valence-electron chi connectivity index (χ0n) is 14.2. The molecule has 0 saturated heterocycles. The summed E-state index contributed by atoms with van der Waals surface area (Å²) in [6, 6.07) is -5.04. The second kappa shape index (κ2) is 7.53. The van der Waals surface area contributed by atoms with Gasteiger partial charge in [-0.25, -0.2) is 0 Å². The first-order chi connectivity index (χ1) is 14.7. The van der Waals surface area contributed by atoms with Gasteiger partial charge in [0, 0.05) is 9.85 Å². The van der Waals surface area contributed by atoms with Gasteiger partial charge in [0.15, 0.2) is 10.2 Å². The minimum atomic E-state index is -2.52. The molecule has 2 aromatic heterocycles. The Morgan fingerprint density at radius 2 is 0.844 bits per heavy atom. The molecule has 0 N–H and O–H groups in total. The molecule has 166 valence electrons. The predicted octanol–water partition coefficient (Wildman–Crippen LogP) is -0.131. The Labute approximate surface area is 167 Å². The van der Waals surface area contributed by atoms with Crippen molar-refractivity contribution in [2.24, 2.45) is 0 Å². The summed E-state index contributed by atoms with van der Waals surface area (Å²) in [6.07, 6.45) is 0. The first-order valence-electron chi connectivity index (χ1n) is 6.93. The van der Waals surface area contributed by atoms with Crippen LogP contribution < -0.4 is 0 Å². The van der Waals surface area contributed by atoms with Crippen molar-refractivity contribution in [1.82, 2.24) is 19.6 Å². The molecule has 0 aliphatic carbocycles. The van der Waals surface area contributed by atoms with Crippen LogP contribution in [-0.2, 0) is 0 Å². The molecule has 0 bridgehead atoms. The zero-order valence-corrected chi connectivity index (χ0v) is 14.2. The number of nitrogens with zero attached hydrogens (tertiary/aromatic N) is 10. The Morgan fingerprint density at radius 1 is 0.562 bits per heavy atom. The highest BCUT2D eigenvalue weighted by atomic mass is 16.7. The minimum Gasteiger partial charge on any atom is -0.358 e. The van der Waals surface area contributed by atoms with E-state index < -0.39 is 85.4 Å². The third-order valence-corrected chi connectivity index (χ3v) is 3.30. The molecule has 0 saturated carbocycles. The van der Waals surface area contributed by atoms with Crippen LogP contribution in [0, 0.1) is 60.7 Å². The van der Waals surface area contributed by atoms with Gasteiger partial charge < -0.3 is 40.5 Å². The molecule has 0 aliphatic heterocycles. The van der Waals surface area contributed by atoms with Gasteiger partial charge in [-0.15, -0.1) is 0 Å². The van der Waals surface area contributed by atoms with Crippen molar-refractivity contribution in [3.8, 4) is 11.4 Å². The Balaban J connectivity index is 3.28. The number of aromatic nitrogens is 4. The lowest BCUT2D eigenvalue weighted by molar-refractivity contribution is -0.425. The summed E-state index contributed by atoms with van der Waals surface area (Å²) in [4.78, 5) is 79.6. The van der Waals surface area contributed by atoms with Gasteiger partial charge in [0.25, 0.3) is 0 Å². The first kappa shape index (κ1) is 22.4. The van der Waals surface area contributed by atoms with Gasteiger partial charge in [-0.2, -0.15) is 9.59 Å². The van der Waals surface area contributed by atoms with E-state index in [0.717, 1.165) is 0 Å². The van der Waals surface area contributed by atoms with Crippen molar-refractivity contribution >= 4 is 35.1 Å². The molecule has 0 radical (unpaired) electrons. The molecule has 24 nitrogen and oxygen atoms in total. The molecule has 0 spiro atoms. The van der Waals surface area contributed by atoms with E-state index in [4.69, 9.17) is 0 Å². The van der Waals surface area contributed by atoms with Crippen LogP contribution in [0.15, 0.2) is 0 Å². The molecule has 0 atom stereocenters. The maximum atomic E-state index is 11.8. The Bertz CT molecular complexity index is 1180. The summed E-state index contributed by atoms with van der Waals surface area (Å²) in [5, 5.41) is 71.9. The lowest BCUT2D eigenvalue weighted by Crippen LogP contribution is -2.25. The fraction of sp³-hybridized carbons (Fsp3) is 0. The van der Waals surface area contributed by atoms with E-state index in [-0.39, 0.29) is 0 Å². The van der Waals surface area contributed by atoms with E-state index in [9.17, 15) is 70.3 Å². The molecule has 0 aromatic carbocycles. The maximum Gasteiger partial charge on any atom is 0.585 e. The Kier molecular flexibility index (Phi) is 5.28. The fourth-order valence-electron chi connectivity index (χ4n) is 2.24. The van der Waals surface area contributed by atoms with Gasteiger partial charge >= 0.3 is 46.5 Å². The summed E-state index contributed by atoms with van der Waals surface area (Å²) in [5.41, 5.74) is -7.79. The summed E-state index contributed by atoms with van der Waals surface area (Å²) < 4.78 is -1.54. The smallest absolute Gasteiger partial charge is 0.358 e. The number of rotatable bonds is 5. The molecule has 0 unspecified atom stereocenters. The van der Waals surface area contributed by atoms with Crippen LogP contribution in [0.5, 0.6) is 0 Å². The van der Waals surface area contributed by atoms with Gasteiger partial charge in [0.05, 0.1) is 19.2 Å². The summed E-state index contributed by atoms with van der Waals surface area (Å²) in [7, 11) is 0. The molecule has 2 rings (SSSR count). The molecular weight excluding hydrogens is 460 g/mol. The lowest BCUT2D eigenvalue weighted by atomic mass is 10.2. The van der Waals surface area contributed by atoms with Gasteiger partial charge in [-0.1, -0.05) is 0 Å². The molecule has 32 heavy (non-hydrogen) atoms. The van der Waals surface area contributed by atoms with Crippen LogP contribution >= 0.6 is 0 Å². The molecule has 2 heterocycles. The molecule has 24 heteroatoms. The van der Waals surface area contributed by atoms with E-state index in [1.54, 1.807) is 0 Å². The van der Waals surface area contributed by atoms with Gasteiger partial charge in [0.2, 0.25) is 0 Å². The van der Waals surface area contributed by atoms with E-state index in [2.05, 4.69) is 10.2 Å². The van der Waals surface area contributed by atoms with Crippen LogP contribution in [0.1, 0.15) is 0 Å². The van der Waals surface area contributed by atoms with Crippen molar-refractivity contribution in [2.75, 3.05) is 0 Å². The van der Waals surface area contributed by atoms with Gasteiger partial charge in [-0.3, -0.25) is 20.2 Å². The number of hydrogen-bond donors (Lipinski definition) is 0. The first-order valence-corrected chi connectivity index (χ1v) is 6.93. The van der Waals surface area contributed by atoms with E-state index >= 15 is 0 Å². The third-order valence-electron chi connectivity index (χ3n) is 3.30. The third kappa shape index (κ3) is 3.35. The van der Waals surface area contributed by atoms with Crippen LogP contribution in [0.3, 0.4) is 0 Å². The monoisotopic (exact) mass is 460 g/mol. The van der Waals surface area contributed by atoms with Crippen molar-refractivity contribution in [3.63, 3.8) is 0 Å². The number of carbonyl (C=O) groups is 2. The summed E-state index contributed by atoms with van der Waals surface area (Å²) in [5.74, 6) is -3.86. The van der Waals surface area contributed by atoms with Crippen LogP contribution in [0.25, 0.3) is 11.4 Å². The minimum absolute atomic E-state index is 0.770. The lowest BCUT2D eigenvalue weighted by Gasteiger charge is -1.94. The van der Waals surface area contributed by atoms with Gasteiger partial charge in [-0.05, 0) is 9.85 Å². The molecule has 2 amide bonds. The van der Waals surface area contributed by atoms with Crippen molar-refractivity contribution in [1.29, 1.82) is 0 Å². The number of carbonyl (C=O) groups excluding carboxylic acids is 2. The van der Waals surface area contributed by atoms with Crippen LogP contribution in [0.2, 0.25) is 0 Å². The van der Waals surface area contributed by atoms with Crippen molar-refractivity contribution in [2.45, 2.75) is 0 Å². The quantitative estimate of drug-likeness (QED) is 0.414. The number of amides is 2. The van der Waals surface area contributed by atoms with E-state index in [1.165, 1.54) is 0 Å². The predicted molar refractivity (Wildman–Crippen MR) is 85.6 cm³/mol. The number of hydrogen-bond acceptors (Lipinski definition) is 16. The maximum absolute atomic E-state index is 11.8. The largest absolute Gasteiger partial charge is 0.585 e. The SMILES string of the molecule is O=C(n1nc([N+](=O)[O-])c([N+](=O)[O-])c1-c1c([N+](=O)[O-])c([N+](=O)[O-])nn1C(=O)[N+](=O)[O-])[N+](=O)[O-]. The van der Waals surface area contributed by atoms with E-state index in [0.29, 0.717) is 0 Å².